The minimum atomic E-state index is -1.06. The Morgan fingerprint density at radius 3 is 2.69 bits per heavy atom. The van der Waals surface area contributed by atoms with Crippen LogP contribution in [-0.2, 0) is 14.3 Å². The predicted molar refractivity (Wildman–Crippen MR) is 61.7 cm³/mol. The largest absolute Gasteiger partial charge is 0.460 e. The summed E-state index contributed by atoms with van der Waals surface area (Å²) >= 11 is 11.6. The Kier molecular flexibility index (Phi) is 4.77. The van der Waals surface area contributed by atoms with E-state index in [4.69, 9.17) is 23.2 Å². The summed E-state index contributed by atoms with van der Waals surface area (Å²) in [6, 6.07) is 6.48. The van der Waals surface area contributed by atoms with Gasteiger partial charge in [0.15, 0.2) is 0 Å². The lowest BCUT2D eigenvalue weighted by Gasteiger charge is -2.08. The molecular formula is C11H10Cl2O3. The van der Waals surface area contributed by atoms with Crippen LogP contribution in [0.25, 0.3) is 0 Å². The average molecular weight is 261 g/mol. The van der Waals surface area contributed by atoms with Gasteiger partial charge in [0.25, 0.3) is 5.78 Å². The van der Waals surface area contributed by atoms with E-state index in [1.54, 1.807) is 25.1 Å². The van der Waals surface area contributed by atoms with Crippen LogP contribution >= 0.6 is 23.2 Å². The van der Waals surface area contributed by atoms with E-state index in [1.165, 1.54) is 6.07 Å². The minimum absolute atomic E-state index is 0.143. The second-order valence-electron chi connectivity index (χ2n) is 3.00. The van der Waals surface area contributed by atoms with Gasteiger partial charge in [-0.05, 0) is 24.6 Å². The highest BCUT2D eigenvalue weighted by molar-refractivity contribution is 6.47. The summed E-state index contributed by atoms with van der Waals surface area (Å²) in [5.74, 6) is -1.71. The summed E-state index contributed by atoms with van der Waals surface area (Å²) in [5.41, 5.74) is 0.479. The lowest BCUT2D eigenvalue weighted by Crippen LogP contribution is -2.21. The molecule has 0 fully saturated rings. The Bertz CT molecular complexity index is 404. The molecule has 0 aliphatic heterocycles. The Labute approximate surface area is 103 Å². The molecule has 5 heteroatoms. The zero-order valence-corrected chi connectivity index (χ0v) is 10.1. The minimum Gasteiger partial charge on any atom is -0.460 e. The van der Waals surface area contributed by atoms with Gasteiger partial charge < -0.3 is 4.74 Å². The smallest absolute Gasteiger partial charge is 0.376 e. The van der Waals surface area contributed by atoms with Crippen molar-refractivity contribution in [1.82, 2.24) is 0 Å². The monoisotopic (exact) mass is 260 g/mol. The maximum Gasteiger partial charge on any atom is 0.376 e. The summed E-state index contributed by atoms with van der Waals surface area (Å²) in [7, 11) is 0. The Morgan fingerprint density at radius 2 is 2.12 bits per heavy atom. The Hall–Kier alpha value is -1.06. The van der Waals surface area contributed by atoms with Crippen LogP contribution in [0.2, 0.25) is 5.02 Å². The third-order valence-electron chi connectivity index (χ3n) is 1.85. The molecule has 1 atom stereocenters. The molecule has 1 aromatic carbocycles. The number of Topliss-reactive ketones (excluding diaryl/α,β-unsaturated/α-hetero) is 1. The van der Waals surface area contributed by atoms with Crippen molar-refractivity contribution in [3.05, 3.63) is 34.9 Å². The zero-order valence-electron chi connectivity index (χ0n) is 8.57. The number of carbonyl (C=O) groups is 2. The zero-order chi connectivity index (χ0) is 12.1. The quantitative estimate of drug-likeness (QED) is 0.475. The van der Waals surface area contributed by atoms with Gasteiger partial charge in [0, 0.05) is 5.02 Å². The highest BCUT2D eigenvalue weighted by Crippen LogP contribution is 2.24. The summed E-state index contributed by atoms with van der Waals surface area (Å²) in [4.78, 5) is 22.6. The van der Waals surface area contributed by atoms with Gasteiger partial charge in [0.1, 0.15) is 5.38 Å². The molecule has 0 N–H and O–H groups in total. The first-order chi connectivity index (χ1) is 7.56. The van der Waals surface area contributed by atoms with E-state index in [2.05, 4.69) is 4.74 Å². The third kappa shape index (κ3) is 3.22. The van der Waals surface area contributed by atoms with Gasteiger partial charge in [0.05, 0.1) is 6.61 Å². The first-order valence-corrected chi connectivity index (χ1v) is 5.48. The lowest BCUT2D eigenvalue weighted by molar-refractivity contribution is -0.153. The molecule has 1 unspecified atom stereocenters. The van der Waals surface area contributed by atoms with Gasteiger partial charge in [-0.15, -0.1) is 11.6 Å². The van der Waals surface area contributed by atoms with Crippen LogP contribution in [0.4, 0.5) is 0 Å². The Balaban J connectivity index is 2.82. The lowest BCUT2D eigenvalue weighted by atomic mass is 10.1. The fourth-order valence-corrected chi connectivity index (χ4v) is 1.54. The molecule has 0 saturated carbocycles. The van der Waals surface area contributed by atoms with E-state index >= 15 is 0 Å². The van der Waals surface area contributed by atoms with E-state index < -0.39 is 17.1 Å². The van der Waals surface area contributed by atoms with Crippen molar-refractivity contribution < 1.29 is 14.3 Å². The van der Waals surface area contributed by atoms with Crippen molar-refractivity contribution in [2.45, 2.75) is 12.3 Å². The second kappa shape index (κ2) is 5.87. The van der Waals surface area contributed by atoms with Crippen LogP contribution in [-0.4, -0.2) is 18.4 Å². The van der Waals surface area contributed by atoms with E-state index in [9.17, 15) is 9.59 Å². The second-order valence-corrected chi connectivity index (χ2v) is 3.88. The summed E-state index contributed by atoms with van der Waals surface area (Å²) < 4.78 is 4.57. The molecular weight excluding hydrogens is 251 g/mol. The molecule has 0 aliphatic carbocycles. The topological polar surface area (TPSA) is 43.4 Å². The van der Waals surface area contributed by atoms with Crippen molar-refractivity contribution in [3.8, 4) is 0 Å². The fraction of sp³-hybridized carbons (Fsp3) is 0.273. The molecule has 1 aromatic rings. The number of halogens is 2. The standard InChI is InChI=1S/C11H10Cl2O3/c1-2-16-11(15)10(14)9(13)7-4-3-5-8(12)6-7/h3-6,9H,2H2,1H3. The van der Waals surface area contributed by atoms with E-state index in [-0.39, 0.29) is 6.61 Å². The average Bonchev–Trinajstić information content (AvgIpc) is 2.27. The predicted octanol–water partition coefficient (Wildman–Crippen LogP) is 2.75. The summed E-state index contributed by atoms with van der Waals surface area (Å²) in [6.45, 7) is 1.76. The number of hydrogen-bond acceptors (Lipinski definition) is 3. The highest BCUT2D eigenvalue weighted by atomic mass is 35.5. The molecule has 0 heterocycles. The molecule has 0 amide bonds. The van der Waals surface area contributed by atoms with Gasteiger partial charge in [0.2, 0.25) is 0 Å². The normalized spacial score (nSPS) is 11.9. The first-order valence-electron chi connectivity index (χ1n) is 4.66. The van der Waals surface area contributed by atoms with E-state index in [0.717, 1.165) is 0 Å². The number of carbonyl (C=O) groups excluding carboxylic acids is 2. The van der Waals surface area contributed by atoms with Crippen molar-refractivity contribution in [2.24, 2.45) is 0 Å². The molecule has 0 radical (unpaired) electrons. The number of benzene rings is 1. The van der Waals surface area contributed by atoms with E-state index in [1.807, 2.05) is 0 Å². The van der Waals surface area contributed by atoms with Gasteiger partial charge in [-0.1, -0.05) is 23.7 Å². The van der Waals surface area contributed by atoms with Crippen molar-refractivity contribution in [1.29, 1.82) is 0 Å². The van der Waals surface area contributed by atoms with Gasteiger partial charge >= 0.3 is 5.97 Å². The molecule has 0 aliphatic rings. The maximum absolute atomic E-state index is 11.5. The van der Waals surface area contributed by atoms with Gasteiger partial charge in [-0.25, -0.2) is 4.79 Å². The van der Waals surface area contributed by atoms with Crippen LogP contribution < -0.4 is 0 Å². The van der Waals surface area contributed by atoms with Crippen LogP contribution in [0, 0.1) is 0 Å². The van der Waals surface area contributed by atoms with Crippen molar-refractivity contribution in [2.75, 3.05) is 6.61 Å². The number of esters is 1. The third-order valence-corrected chi connectivity index (χ3v) is 2.53. The first kappa shape index (κ1) is 13.0. The molecule has 0 aromatic heterocycles. The number of ether oxygens (including phenoxy) is 1. The van der Waals surface area contributed by atoms with Gasteiger partial charge in [-0.3, -0.25) is 4.79 Å². The van der Waals surface area contributed by atoms with Crippen LogP contribution in [0.5, 0.6) is 0 Å². The summed E-state index contributed by atoms with van der Waals surface area (Å²) in [5, 5.41) is -0.599. The summed E-state index contributed by atoms with van der Waals surface area (Å²) in [6.07, 6.45) is 0. The van der Waals surface area contributed by atoms with Crippen molar-refractivity contribution in [3.63, 3.8) is 0 Å². The number of hydrogen-bond donors (Lipinski definition) is 0. The maximum atomic E-state index is 11.5. The SMILES string of the molecule is CCOC(=O)C(=O)C(Cl)c1cccc(Cl)c1. The molecule has 1 rings (SSSR count). The van der Waals surface area contributed by atoms with E-state index in [0.29, 0.717) is 10.6 Å². The van der Waals surface area contributed by atoms with Crippen molar-refractivity contribution >= 4 is 35.0 Å². The number of ketones is 1. The molecule has 86 valence electrons. The Morgan fingerprint density at radius 1 is 1.44 bits per heavy atom. The number of rotatable bonds is 4. The van der Waals surface area contributed by atoms with Crippen LogP contribution in [0.1, 0.15) is 17.9 Å². The highest BCUT2D eigenvalue weighted by Gasteiger charge is 2.26. The molecule has 0 bridgehead atoms. The molecule has 0 saturated heterocycles. The van der Waals surface area contributed by atoms with Crippen LogP contribution in [0.3, 0.4) is 0 Å². The van der Waals surface area contributed by atoms with Gasteiger partial charge in [-0.2, -0.15) is 0 Å². The number of alkyl halides is 1. The van der Waals surface area contributed by atoms with Crippen LogP contribution in [0.15, 0.2) is 24.3 Å². The fourth-order valence-electron chi connectivity index (χ4n) is 1.12. The molecule has 0 spiro atoms. The molecule has 3 nitrogen and oxygen atoms in total. The molecule has 16 heavy (non-hydrogen) atoms.